The summed E-state index contributed by atoms with van der Waals surface area (Å²) in [5.74, 6) is -0.217. The molecule has 4 nitrogen and oxygen atoms in total. The number of ether oxygens (including phenoxy) is 3. The lowest BCUT2D eigenvalue weighted by Gasteiger charge is -2.34. The van der Waals surface area contributed by atoms with E-state index in [-0.39, 0.29) is 12.1 Å². The van der Waals surface area contributed by atoms with Crippen molar-refractivity contribution in [3.63, 3.8) is 0 Å². The fourth-order valence-corrected chi connectivity index (χ4v) is 2.11. The van der Waals surface area contributed by atoms with Crippen molar-refractivity contribution >= 4 is 5.97 Å². The molecule has 112 valence electrons. The second kappa shape index (κ2) is 6.23. The van der Waals surface area contributed by atoms with Gasteiger partial charge < -0.3 is 14.2 Å². The highest BCUT2D eigenvalue weighted by atomic mass is 16.7. The van der Waals surface area contributed by atoms with Crippen LogP contribution in [-0.2, 0) is 19.0 Å². The summed E-state index contributed by atoms with van der Waals surface area (Å²) in [7, 11) is 0. The normalized spacial score (nSPS) is 22.3. The zero-order valence-corrected chi connectivity index (χ0v) is 13.1. The first-order valence-corrected chi connectivity index (χ1v) is 7.19. The summed E-state index contributed by atoms with van der Waals surface area (Å²) in [6, 6.07) is 0. The summed E-state index contributed by atoms with van der Waals surface area (Å²) in [6.45, 7) is 12.3. The largest absolute Gasteiger partial charge is 0.436 e. The van der Waals surface area contributed by atoms with E-state index in [2.05, 4.69) is 0 Å². The summed E-state index contributed by atoms with van der Waals surface area (Å²) < 4.78 is 16.9. The predicted octanol–water partition coefficient (Wildman–Crippen LogP) is 3.29. The Morgan fingerprint density at radius 1 is 1.37 bits per heavy atom. The van der Waals surface area contributed by atoms with Crippen LogP contribution in [0.4, 0.5) is 0 Å². The molecule has 1 aliphatic heterocycles. The molecule has 2 atom stereocenters. The monoisotopic (exact) mass is 272 g/mol. The van der Waals surface area contributed by atoms with Crippen LogP contribution in [0.3, 0.4) is 0 Å². The van der Waals surface area contributed by atoms with Crippen LogP contribution in [0, 0.1) is 5.41 Å². The predicted molar refractivity (Wildman–Crippen MR) is 73.8 cm³/mol. The number of hydrogen-bond donors (Lipinski definition) is 0. The highest BCUT2D eigenvalue weighted by molar-refractivity contribution is 5.75. The minimum absolute atomic E-state index is 0.0767. The fraction of sp³-hybridized carbons (Fsp3) is 0.933. The van der Waals surface area contributed by atoms with Gasteiger partial charge in [-0.15, -0.1) is 0 Å². The Bertz CT molecular complexity index is 303. The van der Waals surface area contributed by atoms with Crippen LogP contribution in [-0.4, -0.2) is 30.6 Å². The maximum atomic E-state index is 12.0. The maximum absolute atomic E-state index is 12.0. The highest BCUT2D eigenvalue weighted by Gasteiger charge is 2.37. The quantitative estimate of drug-likeness (QED) is 0.550. The number of carbonyl (C=O) groups is 1. The molecular weight excluding hydrogens is 244 g/mol. The Kier molecular flexibility index (Phi) is 5.39. The molecule has 19 heavy (non-hydrogen) atoms. The van der Waals surface area contributed by atoms with Gasteiger partial charge in [0.2, 0.25) is 6.29 Å². The van der Waals surface area contributed by atoms with Crippen LogP contribution >= 0.6 is 0 Å². The number of esters is 1. The first-order chi connectivity index (χ1) is 8.69. The Labute approximate surface area is 116 Å². The van der Waals surface area contributed by atoms with Crippen LogP contribution < -0.4 is 0 Å². The second-order valence-electron chi connectivity index (χ2n) is 6.43. The summed E-state index contributed by atoms with van der Waals surface area (Å²) in [5.41, 5.74) is -0.905. The summed E-state index contributed by atoms with van der Waals surface area (Å²) in [4.78, 5) is 12.0. The molecule has 1 saturated heterocycles. The van der Waals surface area contributed by atoms with Gasteiger partial charge in [0.05, 0.1) is 17.1 Å². The van der Waals surface area contributed by atoms with Gasteiger partial charge in [-0.25, -0.2) is 0 Å². The Balaban J connectivity index is 2.50. The van der Waals surface area contributed by atoms with E-state index in [0.29, 0.717) is 0 Å². The van der Waals surface area contributed by atoms with Crippen molar-refractivity contribution in [1.29, 1.82) is 0 Å². The van der Waals surface area contributed by atoms with Gasteiger partial charge in [0, 0.05) is 6.61 Å². The summed E-state index contributed by atoms with van der Waals surface area (Å²) >= 11 is 0. The molecule has 0 saturated carbocycles. The van der Waals surface area contributed by atoms with Gasteiger partial charge in [-0.3, -0.25) is 4.79 Å². The van der Waals surface area contributed by atoms with E-state index >= 15 is 0 Å². The third-order valence-corrected chi connectivity index (χ3v) is 3.88. The van der Waals surface area contributed by atoms with Crippen LogP contribution in [0.1, 0.15) is 60.8 Å². The van der Waals surface area contributed by atoms with Gasteiger partial charge in [-0.05, 0) is 53.9 Å². The lowest BCUT2D eigenvalue weighted by Crippen LogP contribution is -2.43. The molecule has 2 unspecified atom stereocenters. The summed E-state index contributed by atoms with van der Waals surface area (Å²) in [5, 5.41) is 0. The molecule has 1 rings (SSSR count). The molecule has 0 bridgehead atoms. The number of hydrogen-bond acceptors (Lipinski definition) is 4. The first kappa shape index (κ1) is 16.4. The zero-order chi connectivity index (χ0) is 14.7. The second-order valence-corrected chi connectivity index (χ2v) is 6.43. The molecule has 0 aromatic carbocycles. The lowest BCUT2D eigenvalue weighted by molar-refractivity contribution is -0.225. The molecule has 0 aliphatic carbocycles. The molecule has 0 spiro atoms. The van der Waals surface area contributed by atoms with Crippen molar-refractivity contribution in [2.45, 2.75) is 78.8 Å². The van der Waals surface area contributed by atoms with E-state index in [0.717, 1.165) is 25.9 Å². The van der Waals surface area contributed by atoms with Gasteiger partial charge in [-0.1, -0.05) is 6.92 Å². The summed E-state index contributed by atoms with van der Waals surface area (Å²) in [6.07, 6.45) is 2.32. The van der Waals surface area contributed by atoms with E-state index < -0.39 is 17.3 Å². The lowest BCUT2D eigenvalue weighted by atomic mass is 9.91. The van der Waals surface area contributed by atoms with Gasteiger partial charge in [0.25, 0.3) is 0 Å². The van der Waals surface area contributed by atoms with E-state index in [9.17, 15) is 4.79 Å². The van der Waals surface area contributed by atoms with Crippen molar-refractivity contribution in [1.82, 2.24) is 0 Å². The third-order valence-electron chi connectivity index (χ3n) is 3.88. The molecule has 0 aromatic heterocycles. The number of carbonyl (C=O) groups excluding carboxylic acids is 1. The minimum atomic E-state index is -0.558. The molecule has 1 fully saturated rings. The topological polar surface area (TPSA) is 44.8 Å². The maximum Gasteiger partial charge on any atom is 0.313 e. The SMILES string of the molecule is CCC(C)(C)C(=O)OC(C)OC(C)(C)C1CCCO1. The molecule has 0 radical (unpaired) electrons. The molecular formula is C15H28O4. The van der Waals surface area contributed by atoms with Crippen molar-refractivity contribution in [3.05, 3.63) is 0 Å². The van der Waals surface area contributed by atoms with Crippen LogP contribution in [0.25, 0.3) is 0 Å². The Hall–Kier alpha value is -0.610. The third kappa shape index (κ3) is 4.46. The van der Waals surface area contributed by atoms with Crippen LogP contribution in [0.2, 0.25) is 0 Å². The zero-order valence-electron chi connectivity index (χ0n) is 13.1. The molecule has 1 aliphatic rings. The number of rotatable bonds is 6. The van der Waals surface area contributed by atoms with Crippen LogP contribution in [0.15, 0.2) is 0 Å². The molecule has 4 heteroatoms. The average Bonchev–Trinajstić information content (AvgIpc) is 2.81. The average molecular weight is 272 g/mol. The molecule has 0 amide bonds. The highest BCUT2D eigenvalue weighted by Crippen LogP contribution is 2.29. The van der Waals surface area contributed by atoms with Gasteiger partial charge in [0.15, 0.2) is 0 Å². The Morgan fingerprint density at radius 3 is 2.47 bits per heavy atom. The molecule has 0 aromatic rings. The van der Waals surface area contributed by atoms with Crippen molar-refractivity contribution in [2.24, 2.45) is 5.41 Å². The van der Waals surface area contributed by atoms with Gasteiger partial charge >= 0.3 is 5.97 Å². The smallest absolute Gasteiger partial charge is 0.313 e. The minimum Gasteiger partial charge on any atom is -0.436 e. The van der Waals surface area contributed by atoms with Crippen molar-refractivity contribution < 1.29 is 19.0 Å². The van der Waals surface area contributed by atoms with E-state index in [1.165, 1.54) is 0 Å². The van der Waals surface area contributed by atoms with E-state index in [1.807, 2.05) is 34.6 Å². The van der Waals surface area contributed by atoms with E-state index in [4.69, 9.17) is 14.2 Å². The van der Waals surface area contributed by atoms with Gasteiger partial charge in [0.1, 0.15) is 0 Å². The Morgan fingerprint density at radius 2 is 2.00 bits per heavy atom. The standard InChI is InChI=1S/C15H28O4/c1-7-14(3,4)13(16)18-11(2)19-15(5,6)12-9-8-10-17-12/h11-12H,7-10H2,1-6H3. The van der Waals surface area contributed by atoms with Gasteiger partial charge in [-0.2, -0.15) is 0 Å². The molecule has 1 heterocycles. The first-order valence-electron chi connectivity index (χ1n) is 7.19. The molecule has 0 N–H and O–H groups in total. The van der Waals surface area contributed by atoms with E-state index in [1.54, 1.807) is 6.92 Å². The van der Waals surface area contributed by atoms with Crippen LogP contribution in [0.5, 0.6) is 0 Å². The van der Waals surface area contributed by atoms with Crippen molar-refractivity contribution in [3.8, 4) is 0 Å². The van der Waals surface area contributed by atoms with Crippen molar-refractivity contribution in [2.75, 3.05) is 6.61 Å². The fourth-order valence-electron chi connectivity index (χ4n) is 2.11.